The third-order valence-electron chi connectivity index (χ3n) is 6.30. The van der Waals surface area contributed by atoms with Crippen LogP contribution >= 0.6 is 0 Å². The summed E-state index contributed by atoms with van der Waals surface area (Å²) < 4.78 is 1.92. The molecule has 1 N–H and O–H groups in total. The molecule has 172 valence electrons. The van der Waals surface area contributed by atoms with E-state index in [9.17, 15) is 4.79 Å². The van der Waals surface area contributed by atoms with E-state index in [-0.39, 0.29) is 11.9 Å². The highest BCUT2D eigenvalue weighted by atomic mass is 16.1. The fourth-order valence-electron chi connectivity index (χ4n) is 4.30. The van der Waals surface area contributed by atoms with Crippen LogP contribution in [0, 0.1) is 13.8 Å². The number of aryl methyl sites for hydroxylation is 1. The molecule has 3 aromatic rings. The second-order valence-electron chi connectivity index (χ2n) is 8.74. The molecule has 4 rings (SSSR count). The van der Waals surface area contributed by atoms with E-state index in [1.807, 2.05) is 73.1 Å². The number of hydrogen-bond donors (Lipinski definition) is 1. The molecule has 6 nitrogen and oxygen atoms in total. The van der Waals surface area contributed by atoms with Crippen molar-refractivity contribution in [2.24, 2.45) is 0 Å². The SMILES string of the molecule is Cc1nn(-c2ccccc2)c(C)c1/C=C/C(=O)NC(CN1CCN(C)CC1)c1ccccc1. The van der Waals surface area contributed by atoms with Gasteiger partial charge in [-0.2, -0.15) is 5.10 Å². The van der Waals surface area contributed by atoms with E-state index in [4.69, 9.17) is 0 Å². The first-order valence-corrected chi connectivity index (χ1v) is 11.6. The van der Waals surface area contributed by atoms with Crippen LogP contribution in [-0.2, 0) is 4.79 Å². The van der Waals surface area contributed by atoms with Gasteiger partial charge in [-0.1, -0.05) is 48.5 Å². The summed E-state index contributed by atoms with van der Waals surface area (Å²) in [6.45, 7) is 8.96. The van der Waals surface area contributed by atoms with Crippen LogP contribution < -0.4 is 5.32 Å². The van der Waals surface area contributed by atoms with Crippen molar-refractivity contribution >= 4 is 12.0 Å². The molecule has 1 aromatic heterocycles. The van der Waals surface area contributed by atoms with Gasteiger partial charge in [0.25, 0.3) is 0 Å². The highest BCUT2D eigenvalue weighted by molar-refractivity contribution is 5.92. The Hall–Kier alpha value is -3.22. The number of piperazine rings is 1. The maximum atomic E-state index is 12.9. The molecule has 2 aromatic carbocycles. The van der Waals surface area contributed by atoms with Crippen LogP contribution in [0.15, 0.2) is 66.7 Å². The number of benzene rings is 2. The van der Waals surface area contributed by atoms with Crippen molar-refractivity contribution < 1.29 is 4.79 Å². The molecular formula is C27H33N5O. The average Bonchev–Trinajstić information content (AvgIpc) is 3.13. The van der Waals surface area contributed by atoms with Gasteiger partial charge < -0.3 is 10.2 Å². The summed E-state index contributed by atoms with van der Waals surface area (Å²) >= 11 is 0. The fraction of sp³-hybridized carbons (Fsp3) is 0.333. The molecule has 6 heteroatoms. The standard InChI is InChI=1S/C27H33N5O/c1-21-25(22(2)32(29-21)24-12-8-5-9-13-24)14-15-27(33)28-26(23-10-6-4-7-11-23)20-31-18-16-30(3)17-19-31/h4-15,26H,16-20H2,1-3H3,(H,28,33)/b15-14+. The summed E-state index contributed by atoms with van der Waals surface area (Å²) in [4.78, 5) is 17.7. The molecule has 33 heavy (non-hydrogen) atoms. The van der Waals surface area contributed by atoms with Gasteiger partial charge in [0, 0.05) is 50.1 Å². The van der Waals surface area contributed by atoms with Crippen LogP contribution in [0.5, 0.6) is 0 Å². The van der Waals surface area contributed by atoms with E-state index in [0.29, 0.717) is 0 Å². The molecule has 0 bridgehead atoms. The van der Waals surface area contributed by atoms with Crippen molar-refractivity contribution in [3.05, 3.63) is 89.3 Å². The summed E-state index contributed by atoms with van der Waals surface area (Å²) in [5, 5.41) is 7.90. The van der Waals surface area contributed by atoms with E-state index >= 15 is 0 Å². The number of rotatable bonds is 7. The third-order valence-corrected chi connectivity index (χ3v) is 6.30. The molecular weight excluding hydrogens is 410 g/mol. The summed E-state index contributed by atoms with van der Waals surface area (Å²) in [7, 11) is 2.16. The monoisotopic (exact) mass is 443 g/mol. The van der Waals surface area contributed by atoms with Gasteiger partial charge in [-0.15, -0.1) is 0 Å². The van der Waals surface area contributed by atoms with Crippen molar-refractivity contribution in [3.8, 4) is 5.69 Å². The van der Waals surface area contributed by atoms with Crippen LogP contribution in [0.4, 0.5) is 0 Å². The summed E-state index contributed by atoms with van der Waals surface area (Å²) in [6.07, 6.45) is 3.51. The topological polar surface area (TPSA) is 53.4 Å². The van der Waals surface area contributed by atoms with Crippen LogP contribution in [0.2, 0.25) is 0 Å². The summed E-state index contributed by atoms with van der Waals surface area (Å²) in [5.74, 6) is -0.0933. The number of amides is 1. The second kappa shape index (κ2) is 10.6. The first-order chi connectivity index (χ1) is 16.0. The Bertz CT molecular complexity index is 1080. The minimum atomic E-state index is -0.0933. The summed E-state index contributed by atoms with van der Waals surface area (Å²) in [6, 6.07) is 20.2. The Morgan fingerprint density at radius 2 is 1.64 bits per heavy atom. The summed E-state index contributed by atoms with van der Waals surface area (Å²) in [5.41, 5.74) is 5.03. The van der Waals surface area contributed by atoms with Crippen LogP contribution in [0.3, 0.4) is 0 Å². The zero-order chi connectivity index (χ0) is 23.2. The van der Waals surface area contributed by atoms with Gasteiger partial charge in [0.1, 0.15) is 0 Å². The number of aromatic nitrogens is 2. The molecule has 0 spiro atoms. The molecule has 1 fully saturated rings. The third kappa shape index (κ3) is 5.78. The largest absolute Gasteiger partial charge is 0.344 e. The zero-order valence-corrected chi connectivity index (χ0v) is 19.7. The Morgan fingerprint density at radius 3 is 2.30 bits per heavy atom. The predicted molar refractivity (Wildman–Crippen MR) is 133 cm³/mol. The van der Waals surface area contributed by atoms with Crippen LogP contribution in [-0.4, -0.2) is 65.3 Å². The number of likely N-dealkylation sites (N-methyl/N-ethyl adjacent to an activating group) is 1. The Kier molecular flexibility index (Phi) is 7.37. The van der Waals surface area contributed by atoms with Crippen LogP contribution in [0.1, 0.15) is 28.6 Å². The molecule has 0 aliphatic carbocycles. The lowest BCUT2D eigenvalue weighted by molar-refractivity contribution is -0.117. The molecule has 0 radical (unpaired) electrons. The first kappa shape index (κ1) is 23.0. The number of nitrogens with zero attached hydrogens (tertiary/aromatic N) is 4. The maximum Gasteiger partial charge on any atom is 0.244 e. The van der Waals surface area contributed by atoms with E-state index in [0.717, 1.165) is 60.9 Å². The number of para-hydroxylation sites is 1. The van der Waals surface area contributed by atoms with Gasteiger partial charge in [-0.3, -0.25) is 9.69 Å². The second-order valence-corrected chi connectivity index (χ2v) is 8.74. The maximum absolute atomic E-state index is 12.9. The Morgan fingerprint density at radius 1 is 1.00 bits per heavy atom. The minimum absolute atomic E-state index is 0.0546. The molecule has 1 unspecified atom stereocenters. The number of carbonyl (C=O) groups is 1. The number of carbonyl (C=O) groups excluding carboxylic acids is 1. The van der Waals surface area contributed by atoms with Gasteiger partial charge in [-0.05, 0) is 44.7 Å². The lowest BCUT2D eigenvalue weighted by Gasteiger charge is -2.34. The lowest BCUT2D eigenvalue weighted by Crippen LogP contribution is -2.47. The van der Waals surface area contributed by atoms with Crippen molar-refractivity contribution in [2.75, 3.05) is 39.8 Å². The molecule has 2 heterocycles. The normalized spacial score (nSPS) is 16.2. The van der Waals surface area contributed by atoms with Gasteiger partial charge >= 0.3 is 0 Å². The molecule has 1 amide bonds. The molecule has 1 saturated heterocycles. The fourth-order valence-corrected chi connectivity index (χ4v) is 4.30. The van der Waals surface area contributed by atoms with Crippen molar-refractivity contribution in [1.82, 2.24) is 24.9 Å². The van der Waals surface area contributed by atoms with Gasteiger partial charge in [-0.25, -0.2) is 4.68 Å². The number of nitrogens with one attached hydrogen (secondary N) is 1. The van der Waals surface area contributed by atoms with Crippen LogP contribution in [0.25, 0.3) is 11.8 Å². The van der Waals surface area contributed by atoms with Gasteiger partial charge in [0.05, 0.1) is 17.4 Å². The van der Waals surface area contributed by atoms with E-state index in [2.05, 4.69) is 39.4 Å². The van der Waals surface area contributed by atoms with E-state index in [1.165, 1.54) is 0 Å². The molecule has 1 atom stereocenters. The van der Waals surface area contributed by atoms with E-state index < -0.39 is 0 Å². The molecule has 1 aliphatic rings. The molecule has 0 saturated carbocycles. The average molecular weight is 444 g/mol. The first-order valence-electron chi connectivity index (χ1n) is 11.6. The highest BCUT2D eigenvalue weighted by Crippen LogP contribution is 2.20. The van der Waals surface area contributed by atoms with Crippen molar-refractivity contribution in [3.63, 3.8) is 0 Å². The zero-order valence-electron chi connectivity index (χ0n) is 19.7. The number of hydrogen-bond acceptors (Lipinski definition) is 4. The van der Waals surface area contributed by atoms with Gasteiger partial charge in [0.15, 0.2) is 0 Å². The lowest BCUT2D eigenvalue weighted by atomic mass is 10.1. The molecule has 1 aliphatic heterocycles. The smallest absolute Gasteiger partial charge is 0.244 e. The minimum Gasteiger partial charge on any atom is -0.344 e. The Balaban J connectivity index is 1.48. The predicted octanol–water partition coefficient (Wildman–Crippen LogP) is 3.61. The highest BCUT2D eigenvalue weighted by Gasteiger charge is 2.21. The van der Waals surface area contributed by atoms with Crippen molar-refractivity contribution in [1.29, 1.82) is 0 Å². The van der Waals surface area contributed by atoms with E-state index in [1.54, 1.807) is 6.08 Å². The quantitative estimate of drug-likeness (QED) is 0.567. The van der Waals surface area contributed by atoms with Crippen molar-refractivity contribution in [2.45, 2.75) is 19.9 Å². The van der Waals surface area contributed by atoms with Gasteiger partial charge in [0.2, 0.25) is 5.91 Å². The Labute approximate surface area is 196 Å².